The molecule has 1 fully saturated rings. The number of carbonyl (C=O) groups is 4. The van der Waals surface area contributed by atoms with Crippen LogP contribution in [0.2, 0.25) is 0 Å². The maximum Gasteiger partial charge on any atom is 0.353 e. The Morgan fingerprint density at radius 3 is 2.69 bits per heavy atom. The summed E-state index contributed by atoms with van der Waals surface area (Å²) < 4.78 is 0.756. The molecule has 0 saturated carbocycles. The van der Waals surface area contributed by atoms with E-state index < -0.39 is 59.2 Å². The molecule has 7 N–H and O–H groups in total. The molecular formula is C25H21N7O9S4. The molecule has 2 amide bonds. The van der Waals surface area contributed by atoms with Gasteiger partial charge in [0.25, 0.3) is 11.8 Å². The van der Waals surface area contributed by atoms with Crippen LogP contribution in [0, 0.1) is 0 Å². The molecule has 0 aliphatic carbocycles. The van der Waals surface area contributed by atoms with E-state index in [1.54, 1.807) is 17.7 Å². The van der Waals surface area contributed by atoms with Crippen LogP contribution < -0.4 is 11.1 Å². The summed E-state index contributed by atoms with van der Waals surface area (Å²) in [6.07, 6.45) is 1.57. The maximum atomic E-state index is 13.4. The van der Waals surface area contributed by atoms with E-state index in [0.717, 1.165) is 32.7 Å². The number of hydrogen-bond acceptors (Lipinski definition) is 16. The number of fused-ring (bicyclic) bond motifs is 1. The van der Waals surface area contributed by atoms with Crippen LogP contribution in [-0.2, 0) is 24.0 Å². The fourth-order valence-electron chi connectivity index (χ4n) is 4.22. The molecule has 3 atom stereocenters. The van der Waals surface area contributed by atoms with Gasteiger partial charge in [0.05, 0.1) is 6.04 Å². The highest BCUT2D eigenvalue weighted by Crippen LogP contribution is 2.40. The number of phenolic OH excluding ortho intramolecular Hbond substituents is 2. The van der Waals surface area contributed by atoms with Gasteiger partial charge in [0.2, 0.25) is 6.10 Å². The highest BCUT2D eigenvalue weighted by Gasteiger charge is 2.54. The van der Waals surface area contributed by atoms with Crippen molar-refractivity contribution in [1.29, 1.82) is 0 Å². The van der Waals surface area contributed by atoms with E-state index in [1.807, 2.05) is 0 Å². The Labute approximate surface area is 269 Å². The standard InChI is InChI=1S/C25H21N7O9S4/c26-24-28-11(7-44-24)16(31-41-19(23(39)40)10-3-4-13(33)14(34)6-10)20(35)29-17-12-8-43-15(18(22(37)38)32(12)21(17)36)2-1-5-42-25-30-27-9-45-25/h1-4,6-7,9,12,17,19,33-34H,5,8H2,(H2,26,28)(H,29,35)(H,37,38)(H,39,40)/b2-1+,31-16-/t12-,17-,19?/m1/s1. The number of anilines is 1. The Morgan fingerprint density at radius 2 is 2.04 bits per heavy atom. The average molecular weight is 692 g/mol. The van der Waals surface area contributed by atoms with Crippen LogP contribution in [0.5, 0.6) is 11.5 Å². The van der Waals surface area contributed by atoms with Crippen molar-refractivity contribution in [3.63, 3.8) is 0 Å². The summed E-state index contributed by atoms with van der Waals surface area (Å²) in [7, 11) is 0. The quantitative estimate of drug-likeness (QED) is 0.0519. The molecule has 0 radical (unpaired) electrons. The Hall–Kier alpha value is -4.66. The summed E-state index contributed by atoms with van der Waals surface area (Å²) in [6, 6.07) is 1.38. The fourth-order valence-corrected chi connectivity index (χ4v) is 7.29. The van der Waals surface area contributed by atoms with E-state index in [2.05, 4.69) is 25.7 Å². The Morgan fingerprint density at radius 1 is 1.24 bits per heavy atom. The van der Waals surface area contributed by atoms with Crippen molar-refractivity contribution in [2.24, 2.45) is 5.16 Å². The van der Waals surface area contributed by atoms with E-state index >= 15 is 0 Å². The van der Waals surface area contributed by atoms with Gasteiger partial charge in [-0.25, -0.2) is 14.6 Å². The van der Waals surface area contributed by atoms with Gasteiger partial charge in [-0.3, -0.25) is 14.5 Å². The molecule has 2 aliphatic heterocycles. The third-order valence-electron chi connectivity index (χ3n) is 6.26. The van der Waals surface area contributed by atoms with E-state index in [0.29, 0.717) is 10.7 Å². The van der Waals surface area contributed by atoms with E-state index in [-0.39, 0.29) is 27.8 Å². The topological polar surface area (TPSA) is 251 Å². The third-order valence-corrected chi connectivity index (χ3v) is 9.90. The van der Waals surface area contributed by atoms with Gasteiger partial charge in [-0.2, -0.15) is 0 Å². The summed E-state index contributed by atoms with van der Waals surface area (Å²) in [6.45, 7) is 0. The van der Waals surface area contributed by atoms with Crippen LogP contribution in [0.1, 0.15) is 17.4 Å². The fraction of sp³-hybridized carbons (Fsp3) is 0.200. The number of thioether (sulfide) groups is 2. The molecule has 16 nitrogen and oxygen atoms in total. The third kappa shape index (κ3) is 6.87. The summed E-state index contributed by atoms with van der Waals surface area (Å²) >= 11 is 4.98. The number of nitrogen functional groups attached to an aromatic ring is 1. The molecule has 3 aromatic rings. The van der Waals surface area contributed by atoms with Gasteiger partial charge >= 0.3 is 11.9 Å². The maximum absolute atomic E-state index is 13.4. The number of phenols is 2. The molecule has 0 spiro atoms. The SMILES string of the molecule is Nc1nc(/C(=N/OC(C(=O)O)c2ccc(O)c(O)c2)C(=O)N[C@H]2C(=O)N3C(C(=O)O)=C(/C=C/CSc4nncs4)SC[C@H]23)cs1. The number of aromatic nitrogens is 3. The Kier molecular flexibility index (Phi) is 9.56. The van der Waals surface area contributed by atoms with Crippen molar-refractivity contribution in [1.82, 2.24) is 25.4 Å². The molecule has 4 heterocycles. The first-order valence-corrected chi connectivity index (χ1v) is 16.3. The second-order valence-corrected chi connectivity index (χ2v) is 13.1. The Balaban J connectivity index is 1.33. The van der Waals surface area contributed by atoms with Crippen LogP contribution in [0.3, 0.4) is 0 Å². The molecule has 0 bridgehead atoms. The zero-order valence-corrected chi connectivity index (χ0v) is 25.7. The molecule has 45 heavy (non-hydrogen) atoms. The van der Waals surface area contributed by atoms with Crippen LogP contribution in [-0.4, -0.2) is 93.6 Å². The number of carboxylic acid groups (broad SMARTS) is 2. The lowest BCUT2D eigenvalue weighted by Gasteiger charge is -2.49. The number of carboxylic acids is 2. The van der Waals surface area contributed by atoms with Crippen molar-refractivity contribution >= 4 is 80.8 Å². The summed E-state index contributed by atoms with van der Waals surface area (Å²) in [5.41, 5.74) is 6.43. The van der Waals surface area contributed by atoms with Gasteiger partial charge in [-0.15, -0.1) is 33.3 Å². The second kappa shape index (κ2) is 13.5. The number of thiazole rings is 1. The minimum atomic E-state index is -1.81. The first-order chi connectivity index (χ1) is 21.5. The largest absolute Gasteiger partial charge is 0.504 e. The van der Waals surface area contributed by atoms with Crippen molar-refractivity contribution in [2.45, 2.75) is 22.5 Å². The molecule has 234 valence electrons. The van der Waals surface area contributed by atoms with E-state index in [9.17, 15) is 39.6 Å². The van der Waals surface area contributed by atoms with Crippen molar-refractivity contribution in [3.05, 3.63) is 63.1 Å². The number of β-lactam (4-membered cyclic amide) rings is 1. The first kappa shape index (κ1) is 31.8. The monoisotopic (exact) mass is 691 g/mol. The van der Waals surface area contributed by atoms with Gasteiger partial charge in [0, 0.05) is 27.4 Å². The van der Waals surface area contributed by atoms with Gasteiger partial charge < -0.3 is 36.3 Å². The zero-order chi connectivity index (χ0) is 32.2. The average Bonchev–Trinajstić information content (AvgIpc) is 3.69. The molecule has 1 unspecified atom stereocenters. The number of aliphatic carboxylic acids is 2. The number of nitrogens with zero attached hydrogens (tertiary/aromatic N) is 5. The number of carbonyl (C=O) groups excluding carboxylic acids is 2. The first-order valence-electron chi connectivity index (χ1n) is 12.5. The second-order valence-electron chi connectivity index (χ2n) is 9.06. The number of allylic oxidation sites excluding steroid dienone is 1. The molecule has 1 saturated heterocycles. The zero-order valence-electron chi connectivity index (χ0n) is 22.5. The highest BCUT2D eigenvalue weighted by molar-refractivity contribution is 8.03. The Bertz CT molecular complexity index is 1740. The number of benzene rings is 1. The molecule has 2 aliphatic rings. The number of rotatable bonds is 12. The van der Waals surface area contributed by atoms with E-state index in [4.69, 9.17) is 10.6 Å². The number of oxime groups is 1. The number of hydrogen-bond donors (Lipinski definition) is 6. The van der Waals surface area contributed by atoms with Crippen LogP contribution >= 0.6 is 46.2 Å². The lowest BCUT2D eigenvalue weighted by atomic mass is 9.94. The van der Waals surface area contributed by atoms with Crippen molar-refractivity contribution < 1.29 is 44.4 Å². The molecule has 5 rings (SSSR count). The summed E-state index contributed by atoms with van der Waals surface area (Å²) in [5.74, 6) is -4.77. The van der Waals surface area contributed by atoms with Crippen LogP contribution in [0.4, 0.5) is 5.13 Å². The summed E-state index contributed by atoms with van der Waals surface area (Å²) in [5, 5.41) is 54.3. The normalized spacial score (nSPS) is 18.8. The molecule has 1 aromatic carbocycles. The predicted molar refractivity (Wildman–Crippen MR) is 164 cm³/mol. The number of aromatic hydroxyl groups is 2. The lowest BCUT2D eigenvalue weighted by Crippen LogP contribution is -2.73. The minimum Gasteiger partial charge on any atom is -0.504 e. The highest BCUT2D eigenvalue weighted by atomic mass is 32.2. The number of nitrogens with two attached hydrogens (primary N) is 1. The van der Waals surface area contributed by atoms with Crippen LogP contribution in [0.25, 0.3) is 0 Å². The van der Waals surface area contributed by atoms with Crippen LogP contribution in [0.15, 0.2) is 61.3 Å². The van der Waals surface area contributed by atoms with E-state index in [1.165, 1.54) is 46.3 Å². The molecule has 2 aromatic heterocycles. The van der Waals surface area contributed by atoms with Gasteiger partial charge in [0.15, 0.2) is 26.7 Å². The molecular weight excluding hydrogens is 671 g/mol. The van der Waals surface area contributed by atoms with Gasteiger partial charge in [-0.05, 0) is 18.2 Å². The van der Waals surface area contributed by atoms with Gasteiger partial charge in [0.1, 0.15) is 22.9 Å². The minimum absolute atomic E-state index is 0.0665. The number of amides is 2. The molecule has 20 heteroatoms. The number of nitrogens with one attached hydrogen (secondary N) is 1. The predicted octanol–water partition coefficient (Wildman–Crippen LogP) is 1.62. The lowest BCUT2D eigenvalue weighted by molar-refractivity contribution is -0.153. The summed E-state index contributed by atoms with van der Waals surface area (Å²) in [4.78, 5) is 61.3. The van der Waals surface area contributed by atoms with Gasteiger partial charge in [-0.1, -0.05) is 40.4 Å². The van der Waals surface area contributed by atoms with Crippen molar-refractivity contribution in [2.75, 3.05) is 17.2 Å². The van der Waals surface area contributed by atoms with Crippen molar-refractivity contribution in [3.8, 4) is 11.5 Å². The smallest absolute Gasteiger partial charge is 0.353 e.